The summed E-state index contributed by atoms with van der Waals surface area (Å²) in [5, 5.41) is 9.63. The molecule has 3 rings (SSSR count). The number of benzene rings is 1. The molecule has 0 saturated heterocycles. The SMILES string of the molecule is Cl.NC[C@H]1CCC[C@H]1C(=O)N(Cc1cccc(O)c1)CC1CC1. The van der Waals surface area contributed by atoms with E-state index < -0.39 is 0 Å². The first kappa shape index (κ1) is 18.1. The molecule has 23 heavy (non-hydrogen) atoms. The summed E-state index contributed by atoms with van der Waals surface area (Å²) in [4.78, 5) is 15.0. The summed E-state index contributed by atoms with van der Waals surface area (Å²) in [5.74, 6) is 1.64. The summed E-state index contributed by atoms with van der Waals surface area (Å²) >= 11 is 0. The van der Waals surface area contributed by atoms with Gasteiger partial charge in [0.2, 0.25) is 5.91 Å². The topological polar surface area (TPSA) is 66.6 Å². The third-order valence-corrected chi connectivity index (χ3v) is 5.05. The molecule has 0 heterocycles. The lowest BCUT2D eigenvalue weighted by Crippen LogP contribution is -2.39. The van der Waals surface area contributed by atoms with Gasteiger partial charge in [0.05, 0.1) is 0 Å². The van der Waals surface area contributed by atoms with E-state index in [4.69, 9.17) is 5.73 Å². The largest absolute Gasteiger partial charge is 0.508 e. The summed E-state index contributed by atoms with van der Waals surface area (Å²) in [6.07, 6.45) is 5.63. The molecule has 1 aromatic carbocycles. The fourth-order valence-corrected chi connectivity index (χ4v) is 3.60. The summed E-state index contributed by atoms with van der Waals surface area (Å²) in [5.41, 5.74) is 6.84. The number of carbonyl (C=O) groups is 1. The first-order valence-corrected chi connectivity index (χ1v) is 8.44. The summed E-state index contributed by atoms with van der Waals surface area (Å²) < 4.78 is 0. The number of halogens is 1. The first-order valence-electron chi connectivity index (χ1n) is 8.44. The van der Waals surface area contributed by atoms with Crippen LogP contribution in [0.5, 0.6) is 5.75 Å². The van der Waals surface area contributed by atoms with Gasteiger partial charge in [0.15, 0.2) is 0 Å². The molecule has 128 valence electrons. The molecule has 4 nitrogen and oxygen atoms in total. The van der Waals surface area contributed by atoms with Crippen molar-refractivity contribution in [3.05, 3.63) is 29.8 Å². The molecular weight excluding hydrogens is 312 g/mol. The Kier molecular flexibility index (Phi) is 6.31. The van der Waals surface area contributed by atoms with Gasteiger partial charge in [0, 0.05) is 19.0 Å². The number of nitrogens with two attached hydrogens (primary N) is 1. The van der Waals surface area contributed by atoms with Crippen LogP contribution in [0.4, 0.5) is 0 Å². The van der Waals surface area contributed by atoms with Crippen molar-refractivity contribution >= 4 is 18.3 Å². The van der Waals surface area contributed by atoms with Gasteiger partial charge in [0.1, 0.15) is 5.75 Å². The fourth-order valence-electron chi connectivity index (χ4n) is 3.60. The minimum absolute atomic E-state index is 0. The second-order valence-electron chi connectivity index (χ2n) is 6.87. The van der Waals surface area contributed by atoms with Crippen LogP contribution < -0.4 is 5.73 Å². The van der Waals surface area contributed by atoms with Crippen LogP contribution in [0.25, 0.3) is 0 Å². The molecule has 2 aliphatic carbocycles. The van der Waals surface area contributed by atoms with Gasteiger partial charge in [-0.2, -0.15) is 0 Å². The first-order chi connectivity index (χ1) is 10.7. The van der Waals surface area contributed by atoms with E-state index in [1.165, 1.54) is 12.8 Å². The third kappa shape index (κ3) is 4.61. The monoisotopic (exact) mass is 338 g/mol. The van der Waals surface area contributed by atoms with Crippen molar-refractivity contribution in [2.24, 2.45) is 23.5 Å². The number of rotatable bonds is 6. The smallest absolute Gasteiger partial charge is 0.226 e. The number of hydrogen-bond acceptors (Lipinski definition) is 3. The number of phenolic OH excluding ortho intramolecular Hbond substituents is 1. The van der Waals surface area contributed by atoms with Crippen LogP contribution in [0.2, 0.25) is 0 Å². The van der Waals surface area contributed by atoms with Gasteiger partial charge < -0.3 is 15.7 Å². The zero-order valence-electron chi connectivity index (χ0n) is 13.5. The van der Waals surface area contributed by atoms with Gasteiger partial charge in [-0.25, -0.2) is 0 Å². The quantitative estimate of drug-likeness (QED) is 0.838. The standard InChI is InChI=1S/C18H26N2O2.ClH/c19-10-15-4-2-6-17(15)18(22)20(11-13-7-8-13)12-14-3-1-5-16(21)9-14;/h1,3,5,9,13,15,17,21H,2,4,6-8,10-12,19H2;1H/t15-,17-;/m1./s1. The van der Waals surface area contributed by atoms with E-state index in [2.05, 4.69) is 0 Å². The van der Waals surface area contributed by atoms with Crippen LogP contribution in [0.1, 0.15) is 37.7 Å². The number of amides is 1. The maximum atomic E-state index is 13.0. The molecule has 0 bridgehead atoms. The number of carbonyl (C=O) groups excluding carboxylic acids is 1. The lowest BCUT2D eigenvalue weighted by Gasteiger charge is -2.28. The molecule has 0 aromatic heterocycles. The van der Waals surface area contributed by atoms with E-state index in [0.717, 1.165) is 31.4 Å². The lowest BCUT2D eigenvalue weighted by atomic mass is 9.94. The predicted molar refractivity (Wildman–Crippen MR) is 93.4 cm³/mol. The van der Waals surface area contributed by atoms with Crippen molar-refractivity contribution in [3.63, 3.8) is 0 Å². The van der Waals surface area contributed by atoms with E-state index in [1.54, 1.807) is 12.1 Å². The van der Waals surface area contributed by atoms with Crippen molar-refractivity contribution in [3.8, 4) is 5.75 Å². The Morgan fingerprint density at radius 3 is 2.70 bits per heavy atom. The lowest BCUT2D eigenvalue weighted by molar-refractivity contribution is -0.137. The minimum Gasteiger partial charge on any atom is -0.508 e. The van der Waals surface area contributed by atoms with Gasteiger partial charge >= 0.3 is 0 Å². The second kappa shape index (κ2) is 8.02. The van der Waals surface area contributed by atoms with Crippen molar-refractivity contribution in [1.82, 2.24) is 4.90 Å². The molecule has 1 amide bonds. The van der Waals surface area contributed by atoms with Gasteiger partial charge in [-0.15, -0.1) is 12.4 Å². The maximum absolute atomic E-state index is 13.0. The van der Waals surface area contributed by atoms with Crippen LogP contribution in [0.15, 0.2) is 24.3 Å². The number of aromatic hydroxyl groups is 1. The normalized spacial score (nSPS) is 23.3. The molecule has 0 aliphatic heterocycles. The summed E-state index contributed by atoms with van der Waals surface area (Å²) in [7, 11) is 0. The van der Waals surface area contributed by atoms with E-state index >= 15 is 0 Å². The van der Waals surface area contributed by atoms with E-state index in [0.29, 0.717) is 24.9 Å². The molecule has 2 aliphatic rings. The van der Waals surface area contributed by atoms with E-state index in [1.807, 2.05) is 17.0 Å². The molecule has 3 N–H and O–H groups in total. The van der Waals surface area contributed by atoms with E-state index in [-0.39, 0.29) is 30.0 Å². The second-order valence-corrected chi connectivity index (χ2v) is 6.87. The Morgan fingerprint density at radius 1 is 1.26 bits per heavy atom. The third-order valence-electron chi connectivity index (χ3n) is 5.05. The van der Waals surface area contributed by atoms with Crippen LogP contribution in [-0.2, 0) is 11.3 Å². The van der Waals surface area contributed by atoms with Crippen LogP contribution in [0, 0.1) is 17.8 Å². The predicted octanol–water partition coefficient (Wildman–Crippen LogP) is 2.93. The summed E-state index contributed by atoms with van der Waals surface area (Å²) in [6, 6.07) is 7.23. The zero-order chi connectivity index (χ0) is 15.5. The fraction of sp³-hybridized carbons (Fsp3) is 0.611. The number of phenols is 1. The Bertz CT molecular complexity index is 534. The highest BCUT2D eigenvalue weighted by Gasteiger charge is 2.36. The molecule has 2 atom stereocenters. The van der Waals surface area contributed by atoms with Crippen molar-refractivity contribution in [2.75, 3.05) is 13.1 Å². The van der Waals surface area contributed by atoms with Crippen LogP contribution >= 0.6 is 12.4 Å². The van der Waals surface area contributed by atoms with E-state index in [9.17, 15) is 9.90 Å². The Labute approximate surface area is 144 Å². The number of hydrogen-bond donors (Lipinski definition) is 2. The number of nitrogens with zero attached hydrogens (tertiary/aromatic N) is 1. The molecular formula is C18H27ClN2O2. The van der Waals surface area contributed by atoms with Gasteiger partial charge in [-0.1, -0.05) is 18.6 Å². The zero-order valence-corrected chi connectivity index (χ0v) is 14.3. The highest BCUT2D eigenvalue weighted by Crippen LogP contribution is 2.35. The Morgan fingerprint density at radius 2 is 2.04 bits per heavy atom. The highest BCUT2D eigenvalue weighted by atomic mass is 35.5. The molecule has 0 spiro atoms. The van der Waals surface area contributed by atoms with Crippen molar-refractivity contribution in [1.29, 1.82) is 0 Å². The molecule has 2 saturated carbocycles. The average Bonchev–Trinajstić information content (AvgIpc) is 3.19. The molecule has 5 heteroatoms. The maximum Gasteiger partial charge on any atom is 0.226 e. The van der Waals surface area contributed by atoms with Gasteiger partial charge in [-0.3, -0.25) is 4.79 Å². The van der Waals surface area contributed by atoms with Crippen LogP contribution in [-0.4, -0.2) is 29.0 Å². The molecule has 0 unspecified atom stereocenters. The van der Waals surface area contributed by atoms with Crippen LogP contribution in [0.3, 0.4) is 0 Å². The molecule has 0 radical (unpaired) electrons. The van der Waals surface area contributed by atoms with Crippen molar-refractivity contribution in [2.45, 2.75) is 38.6 Å². The Hall–Kier alpha value is -1.26. The summed E-state index contributed by atoms with van der Waals surface area (Å²) in [6.45, 7) is 2.06. The molecule has 2 fully saturated rings. The van der Waals surface area contributed by atoms with Gasteiger partial charge in [0.25, 0.3) is 0 Å². The average molecular weight is 339 g/mol. The minimum atomic E-state index is 0. The van der Waals surface area contributed by atoms with Crippen molar-refractivity contribution < 1.29 is 9.90 Å². The Balaban J connectivity index is 0.00000192. The highest BCUT2D eigenvalue weighted by molar-refractivity contribution is 5.85. The molecule has 1 aromatic rings. The van der Waals surface area contributed by atoms with Gasteiger partial charge in [-0.05, 0) is 61.8 Å².